The van der Waals surface area contributed by atoms with E-state index in [4.69, 9.17) is 0 Å². The van der Waals surface area contributed by atoms with Crippen molar-refractivity contribution in [3.05, 3.63) is 11.6 Å². The second-order valence-corrected chi connectivity index (χ2v) is 5.89. The topological polar surface area (TPSA) is 61.9 Å². The molecule has 0 aliphatic heterocycles. The first-order chi connectivity index (χ1) is 9.08. The fourth-order valence-electron chi connectivity index (χ4n) is 2.64. The highest BCUT2D eigenvalue weighted by molar-refractivity contribution is 5.90. The van der Waals surface area contributed by atoms with Gasteiger partial charge in [-0.2, -0.15) is 0 Å². The van der Waals surface area contributed by atoms with Crippen LogP contribution in [0, 0.1) is 5.92 Å². The molecule has 0 aromatic carbocycles. The summed E-state index contributed by atoms with van der Waals surface area (Å²) in [7, 11) is 1.85. The minimum Gasteiger partial charge on any atom is -0.339 e. The molecule has 1 aliphatic rings. The fraction of sp³-hybridized carbons (Fsp3) is 0.786. The van der Waals surface area contributed by atoms with Crippen LogP contribution in [0.2, 0.25) is 0 Å². The first-order valence-electron chi connectivity index (χ1n) is 7.25. The summed E-state index contributed by atoms with van der Waals surface area (Å²) in [6.45, 7) is 4.88. The number of carbonyl (C=O) groups is 1. The van der Waals surface area contributed by atoms with Crippen molar-refractivity contribution in [1.82, 2.24) is 20.1 Å². The number of nitrogens with one attached hydrogen (secondary N) is 1. The lowest BCUT2D eigenvalue weighted by Gasteiger charge is -2.26. The average molecular weight is 264 g/mol. The Morgan fingerprint density at radius 3 is 2.63 bits per heavy atom. The van der Waals surface area contributed by atoms with Gasteiger partial charge in [-0.25, -0.2) is 4.98 Å². The van der Waals surface area contributed by atoms with Crippen molar-refractivity contribution in [3.8, 4) is 0 Å². The zero-order chi connectivity index (χ0) is 13.8. The lowest BCUT2D eigenvalue weighted by Crippen LogP contribution is -2.33. The van der Waals surface area contributed by atoms with Crippen LogP contribution < -0.4 is 0 Å². The summed E-state index contributed by atoms with van der Waals surface area (Å²) in [6, 6.07) is 0. The molecule has 1 aromatic heterocycles. The maximum Gasteiger partial charge on any atom is 0.293 e. The molecule has 1 N–H and O–H groups in total. The number of amides is 1. The van der Waals surface area contributed by atoms with Crippen LogP contribution >= 0.6 is 0 Å². The summed E-state index contributed by atoms with van der Waals surface area (Å²) in [5, 5.41) is 6.86. The zero-order valence-electron chi connectivity index (χ0n) is 12.1. The van der Waals surface area contributed by atoms with Gasteiger partial charge in [-0.1, -0.05) is 33.1 Å². The molecule has 1 heterocycles. The second kappa shape index (κ2) is 6.17. The Balaban J connectivity index is 1.93. The molecular formula is C14H24N4O. The largest absolute Gasteiger partial charge is 0.339 e. The third-order valence-electron chi connectivity index (χ3n) is 3.84. The molecule has 0 saturated heterocycles. The third kappa shape index (κ3) is 3.55. The van der Waals surface area contributed by atoms with Crippen molar-refractivity contribution >= 4 is 5.91 Å². The van der Waals surface area contributed by atoms with E-state index in [0.717, 1.165) is 12.4 Å². The van der Waals surface area contributed by atoms with Crippen molar-refractivity contribution in [2.24, 2.45) is 5.92 Å². The highest BCUT2D eigenvalue weighted by Crippen LogP contribution is 2.24. The first-order valence-corrected chi connectivity index (χ1v) is 7.25. The predicted molar refractivity (Wildman–Crippen MR) is 74.0 cm³/mol. The van der Waals surface area contributed by atoms with Crippen LogP contribution in [0.15, 0.2) is 0 Å². The minimum atomic E-state index is -0.0753. The molecule has 0 unspecified atom stereocenters. The molecular weight excluding hydrogens is 240 g/mol. The maximum atomic E-state index is 12.2. The van der Waals surface area contributed by atoms with Gasteiger partial charge in [0.15, 0.2) is 0 Å². The van der Waals surface area contributed by atoms with Gasteiger partial charge in [0.2, 0.25) is 5.82 Å². The van der Waals surface area contributed by atoms with E-state index in [0.29, 0.717) is 11.7 Å². The van der Waals surface area contributed by atoms with Crippen molar-refractivity contribution in [2.45, 2.75) is 51.9 Å². The Morgan fingerprint density at radius 2 is 2.05 bits per heavy atom. The van der Waals surface area contributed by atoms with Gasteiger partial charge in [0.25, 0.3) is 5.91 Å². The fourth-order valence-corrected chi connectivity index (χ4v) is 2.64. The van der Waals surface area contributed by atoms with Crippen LogP contribution in [0.1, 0.15) is 68.3 Å². The molecule has 1 saturated carbocycles. The molecule has 0 atom stereocenters. The van der Waals surface area contributed by atoms with E-state index in [1.165, 1.54) is 32.1 Å². The standard InChI is InChI=1S/C14H24N4O/c1-10(2)12-15-13(17-16-12)14(19)18(3)9-11-7-5-4-6-8-11/h10-11H,4-9H2,1-3H3,(H,15,16,17). The number of hydrogen-bond acceptors (Lipinski definition) is 3. The van der Waals surface area contributed by atoms with Gasteiger partial charge in [-0.05, 0) is 18.8 Å². The lowest BCUT2D eigenvalue weighted by atomic mass is 9.89. The lowest BCUT2D eigenvalue weighted by molar-refractivity contribution is 0.0749. The molecule has 2 rings (SSSR count). The van der Waals surface area contributed by atoms with Crippen molar-refractivity contribution in [2.75, 3.05) is 13.6 Å². The summed E-state index contributed by atoms with van der Waals surface area (Å²) in [5.41, 5.74) is 0. The Kier molecular flexibility index (Phi) is 4.56. The van der Waals surface area contributed by atoms with Gasteiger partial charge in [0, 0.05) is 19.5 Å². The molecule has 5 nitrogen and oxygen atoms in total. The van der Waals surface area contributed by atoms with Crippen LogP contribution in [0.5, 0.6) is 0 Å². The molecule has 1 aliphatic carbocycles. The Morgan fingerprint density at radius 1 is 1.37 bits per heavy atom. The maximum absolute atomic E-state index is 12.2. The SMILES string of the molecule is CC(C)c1nc(C(=O)N(C)CC2CCCCC2)n[nH]1. The van der Waals surface area contributed by atoms with Gasteiger partial charge >= 0.3 is 0 Å². The van der Waals surface area contributed by atoms with Crippen LogP contribution in [-0.2, 0) is 0 Å². The number of hydrogen-bond donors (Lipinski definition) is 1. The number of H-pyrrole nitrogens is 1. The number of carbonyl (C=O) groups excluding carboxylic acids is 1. The molecule has 0 bridgehead atoms. The van der Waals surface area contributed by atoms with E-state index in [1.54, 1.807) is 4.90 Å². The van der Waals surface area contributed by atoms with Crippen LogP contribution in [0.3, 0.4) is 0 Å². The van der Waals surface area contributed by atoms with Crippen LogP contribution in [0.4, 0.5) is 0 Å². The zero-order valence-corrected chi connectivity index (χ0v) is 12.1. The molecule has 1 amide bonds. The van der Waals surface area contributed by atoms with Gasteiger partial charge < -0.3 is 4.90 Å². The van der Waals surface area contributed by atoms with Crippen LogP contribution in [0.25, 0.3) is 0 Å². The molecule has 1 fully saturated rings. The van der Waals surface area contributed by atoms with E-state index < -0.39 is 0 Å². The van der Waals surface area contributed by atoms with Gasteiger partial charge in [-0.3, -0.25) is 9.89 Å². The summed E-state index contributed by atoms with van der Waals surface area (Å²) in [5.74, 6) is 1.90. The number of aromatic amines is 1. The highest BCUT2D eigenvalue weighted by atomic mass is 16.2. The molecule has 19 heavy (non-hydrogen) atoms. The Bertz CT molecular complexity index is 421. The van der Waals surface area contributed by atoms with Gasteiger partial charge in [0.05, 0.1) is 0 Å². The first kappa shape index (κ1) is 14.0. The van der Waals surface area contributed by atoms with Crippen molar-refractivity contribution < 1.29 is 4.79 Å². The third-order valence-corrected chi connectivity index (χ3v) is 3.84. The van der Waals surface area contributed by atoms with E-state index in [1.807, 2.05) is 20.9 Å². The normalized spacial score (nSPS) is 16.8. The average Bonchev–Trinajstić information content (AvgIpc) is 2.88. The molecule has 0 spiro atoms. The summed E-state index contributed by atoms with van der Waals surface area (Å²) in [6.07, 6.45) is 6.41. The minimum absolute atomic E-state index is 0.0753. The van der Waals surface area contributed by atoms with E-state index in [2.05, 4.69) is 15.2 Å². The van der Waals surface area contributed by atoms with E-state index >= 15 is 0 Å². The molecule has 106 valence electrons. The highest BCUT2D eigenvalue weighted by Gasteiger charge is 2.22. The summed E-state index contributed by atoms with van der Waals surface area (Å²) >= 11 is 0. The number of nitrogens with zero attached hydrogens (tertiary/aromatic N) is 3. The van der Waals surface area contributed by atoms with Crippen LogP contribution in [-0.4, -0.2) is 39.6 Å². The van der Waals surface area contributed by atoms with E-state index in [9.17, 15) is 4.79 Å². The smallest absolute Gasteiger partial charge is 0.293 e. The molecule has 5 heteroatoms. The Labute approximate surface area is 114 Å². The van der Waals surface area contributed by atoms with E-state index in [-0.39, 0.29) is 11.8 Å². The summed E-state index contributed by atoms with van der Waals surface area (Å²) in [4.78, 5) is 18.3. The quantitative estimate of drug-likeness (QED) is 0.909. The summed E-state index contributed by atoms with van der Waals surface area (Å²) < 4.78 is 0. The van der Waals surface area contributed by atoms with Crippen molar-refractivity contribution in [3.63, 3.8) is 0 Å². The number of rotatable bonds is 4. The monoisotopic (exact) mass is 264 g/mol. The predicted octanol–water partition coefficient (Wildman–Crippen LogP) is 2.58. The second-order valence-electron chi connectivity index (χ2n) is 5.89. The van der Waals surface area contributed by atoms with Gasteiger partial charge in [-0.15, -0.1) is 5.10 Å². The Hall–Kier alpha value is -1.39. The number of aromatic nitrogens is 3. The molecule has 1 aromatic rings. The van der Waals surface area contributed by atoms with Gasteiger partial charge in [0.1, 0.15) is 5.82 Å². The molecule has 0 radical (unpaired) electrons. The van der Waals surface area contributed by atoms with Crippen molar-refractivity contribution in [1.29, 1.82) is 0 Å².